The first-order chi connectivity index (χ1) is 25.0. The van der Waals surface area contributed by atoms with E-state index in [2.05, 4.69) is 57.6 Å². The van der Waals surface area contributed by atoms with E-state index >= 15 is 0 Å². The fraction of sp³-hybridized carbons (Fsp3) is 0.585. The molecule has 0 bridgehead atoms. The minimum Gasteiger partial charge on any atom is -0.490 e. The van der Waals surface area contributed by atoms with E-state index in [9.17, 15) is 13.2 Å². The Bertz CT molecular complexity index is 1800. The van der Waals surface area contributed by atoms with Gasteiger partial charge in [0.15, 0.2) is 0 Å². The topological polar surface area (TPSA) is 97.4 Å². The average molecular weight is 752 g/mol. The second-order valence-electron chi connectivity index (χ2n) is 15.1. The van der Waals surface area contributed by atoms with Crippen molar-refractivity contribution in [1.29, 1.82) is 0 Å². The van der Waals surface area contributed by atoms with Crippen LogP contribution in [0.4, 0.5) is 5.69 Å². The van der Waals surface area contributed by atoms with Gasteiger partial charge in [0.1, 0.15) is 11.4 Å². The van der Waals surface area contributed by atoms with E-state index in [-0.39, 0.29) is 22.8 Å². The fourth-order valence-electron chi connectivity index (χ4n) is 8.26. The summed E-state index contributed by atoms with van der Waals surface area (Å²) in [6.45, 7) is 11.4. The van der Waals surface area contributed by atoms with Crippen LogP contribution in [0.2, 0.25) is 5.02 Å². The first-order valence-corrected chi connectivity index (χ1v) is 20.8. The number of fused-ring (bicyclic) bond motifs is 3. The molecule has 1 amide bonds. The summed E-state index contributed by atoms with van der Waals surface area (Å²) in [6, 6.07) is 11.5. The van der Waals surface area contributed by atoms with Crippen molar-refractivity contribution in [3.63, 3.8) is 0 Å². The van der Waals surface area contributed by atoms with Gasteiger partial charge in [0, 0.05) is 68.2 Å². The molecule has 1 spiro atoms. The molecule has 2 aliphatic heterocycles. The van der Waals surface area contributed by atoms with E-state index in [4.69, 9.17) is 25.8 Å². The summed E-state index contributed by atoms with van der Waals surface area (Å²) in [7, 11) is -2.03. The van der Waals surface area contributed by atoms with Crippen molar-refractivity contribution < 1.29 is 27.4 Å². The van der Waals surface area contributed by atoms with Gasteiger partial charge in [0.05, 0.1) is 30.8 Å². The van der Waals surface area contributed by atoms with Gasteiger partial charge in [-0.2, -0.15) is 0 Å². The lowest BCUT2D eigenvalue weighted by Crippen LogP contribution is -2.52. The number of aryl methyl sites for hydroxylation is 1. The van der Waals surface area contributed by atoms with Crippen LogP contribution in [-0.4, -0.2) is 89.7 Å². The molecule has 4 aliphatic rings. The number of nitrogens with zero attached hydrogens (tertiary/aromatic N) is 2. The number of benzene rings is 2. The number of anilines is 1. The molecule has 11 heteroatoms. The van der Waals surface area contributed by atoms with Crippen LogP contribution < -0.4 is 14.4 Å². The molecular formula is C41H54ClN3O6S. The van der Waals surface area contributed by atoms with Gasteiger partial charge in [-0.05, 0) is 106 Å². The van der Waals surface area contributed by atoms with Crippen molar-refractivity contribution in [2.45, 2.75) is 82.0 Å². The van der Waals surface area contributed by atoms with Crippen LogP contribution in [0, 0.1) is 23.7 Å². The van der Waals surface area contributed by atoms with Crippen molar-refractivity contribution >= 4 is 33.2 Å². The summed E-state index contributed by atoms with van der Waals surface area (Å²) in [5, 5.41) is -0.00504. The smallest absolute Gasteiger partial charge is 0.264 e. The Balaban J connectivity index is 1.33. The van der Waals surface area contributed by atoms with Gasteiger partial charge in [0.2, 0.25) is 10.0 Å². The third-order valence-corrected chi connectivity index (χ3v) is 13.4. The quantitative estimate of drug-likeness (QED) is 0.209. The number of amides is 1. The second kappa shape index (κ2) is 16.5. The van der Waals surface area contributed by atoms with Gasteiger partial charge in [0.25, 0.3) is 5.91 Å². The van der Waals surface area contributed by atoms with E-state index in [1.165, 1.54) is 11.1 Å². The number of methoxy groups -OCH3 is 1. The Morgan fingerprint density at radius 3 is 2.71 bits per heavy atom. The van der Waals surface area contributed by atoms with Gasteiger partial charge >= 0.3 is 0 Å². The van der Waals surface area contributed by atoms with Crippen molar-refractivity contribution in [2.24, 2.45) is 11.8 Å². The molecule has 2 aromatic carbocycles. The molecule has 6 rings (SSSR count). The highest BCUT2D eigenvalue weighted by Gasteiger charge is 2.48. The van der Waals surface area contributed by atoms with Crippen molar-refractivity contribution in [3.05, 3.63) is 70.3 Å². The molecule has 2 aliphatic carbocycles. The molecular weight excluding hydrogens is 698 g/mol. The fourth-order valence-corrected chi connectivity index (χ4v) is 9.06. The molecule has 0 unspecified atom stereocenters. The van der Waals surface area contributed by atoms with Crippen molar-refractivity contribution in [2.75, 3.05) is 64.6 Å². The zero-order valence-corrected chi connectivity index (χ0v) is 32.7. The maximum Gasteiger partial charge on any atom is 0.264 e. The SMILES string of the molecule is CC/C=C/[C@](C#CCCN1CCOCC1)(OC)[C@@H]1CC[C@H]1CN1C[C@@]2(CCCc3cc(Cl)ccc32)COc2ccc(C(=O)NS(=O)(=O)C(C)C)cc21. The summed E-state index contributed by atoms with van der Waals surface area (Å²) in [5.74, 6) is 7.56. The molecule has 4 atom stereocenters. The molecule has 0 radical (unpaired) electrons. The monoisotopic (exact) mass is 751 g/mol. The Morgan fingerprint density at radius 1 is 1.19 bits per heavy atom. The van der Waals surface area contributed by atoms with Crippen LogP contribution in [0.3, 0.4) is 0 Å². The summed E-state index contributed by atoms with van der Waals surface area (Å²) in [4.78, 5) is 18.1. The molecule has 1 saturated carbocycles. The van der Waals surface area contributed by atoms with Crippen molar-refractivity contribution in [1.82, 2.24) is 9.62 Å². The molecule has 0 aromatic heterocycles. The molecule has 2 aromatic rings. The van der Waals surface area contributed by atoms with E-state index in [1.54, 1.807) is 33.1 Å². The molecule has 9 nitrogen and oxygen atoms in total. The van der Waals surface area contributed by atoms with Crippen molar-refractivity contribution in [3.8, 4) is 17.6 Å². The number of ether oxygens (including phenoxy) is 3. The molecule has 1 N–H and O–H groups in total. The number of halogens is 1. The standard InChI is InChI=1S/C41H54ClN3O6S/c1-5-6-18-41(49-4,19-7-8-20-44-21-23-50-24-22-44)36-14-11-33(36)27-45-28-40(17-9-10-31-25-34(42)13-15-35(31)40)29-51-38-16-12-32(26-37(38)45)39(46)43-52(47,48)30(2)3/h6,12-13,15-16,18,25-26,30,33,36H,5,8-11,14,17,20-24,27-29H2,1-4H3,(H,43,46)/b18-6+/t33-,36+,40-,41+/m0/s1. The largest absolute Gasteiger partial charge is 0.490 e. The minimum absolute atomic E-state index is 0.167. The number of allylic oxidation sites excluding steroid dienone is 1. The Morgan fingerprint density at radius 2 is 2.00 bits per heavy atom. The van der Waals surface area contributed by atoms with Crippen LogP contribution >= 0.6 is 11.6 Å². The second-order valence-corrected chi connectivity index (χ2v) is 17.7. The van der Waals surface area contributed by atoms with Gasteiger partial charge in [-0.25, -0.2) is 13.1 Å². The summed E-state index contributed by atoms with van der Waals surface area (Å²) in [6.07, 6.45) is 10.9. The van der Waals surface area contributed by atoms with Gasteiger partial charge in [-0.1, -0.05) is 42.5 Å². The number of carbonyl (C=O) groups is 1. The van der Waals surface area contributed by atoms with Gasteiger partial charge < -0.3 is 19.1 Å². The third-order valence-electron chi connectivity index (χ3n) is 11.5. The normalized spacial score (nSPS) is 24.5. The number of rotatable bonds is 11. The lowest BCUT2D eigenvalue weighted by atomic mass is 9.64. The molecule has 52 heavy (non-hydrogen) atoms. The van der Waals surface area contributed by atoms with Gasteiger partial charge in [-0.15, -0.1) is 0 Å². The first kappa shape index (κ1) is 38.6. The molecule has 282 valence electrons. The van der Waals surface area contributed by atoms with Crippen LogP contribution in [-0.2, 0) is 31.3 Å². The number of carbonyl (C=O) groups excluding carboxylic acids is 1. The predicted molar refractivity (Wildman–Crippen MR) is 207 cm³/mol. The maximum atomic E-state index is 13.4. The number of sulfonamides is 1. The third kappa shape index (κ3) is 8.34. The zero-order chi connectivity index (χ0) is 36.9. The summed E-state index contributed by atoms with van der Waals surface area (Å²) in [5.41, 5.74) is 2.58. The van der Waals surface area contributed by atoms with Crippen LogP contribution in [0.15, 0.2) is 48.6 Å². The minimum atomic E-state index is -3.81. The summed E-state index contributed by atoms with van der Waals surface area (Å²) >= 11 is 6.48. The first-order valence-electron chi connectivity index (χ1n) is 18.9. The lowest BCUT2D eigenvalue weighted by molar-refractivity contribution is -0.0351. The molecule has 2 heterocycles. The zero-order valence-electron chi connectivity index (χ0n) is 31.1. The van der Waals surface area contributed by atoms with Crippen LogP contribution in [0.1, 0.15) is 80.8 Å². The van der Waals surface area contributed by atoms with E-state index in [0.29, 0.717) is 25.4 Å². The Hall–Kier alpha value is -3.07. The van der Waals surface area contributed by atoms with E-state index < -0.39 is 26.8 Å². The van der Waals surface area contributed by atoms with Crippen LogP contribution in [0.25, 0.3) is 0 Å². The highest BCUT2D eigenvalue weighted by atomic mass is 35.5. The van der Waals surface area contributed by atoms with Gasteiger partial charge in [-0.3, -0.25) is 9.69 Å². The number of nitrogens with one attached hydrogen (secondary N) is 1. The van der Waals surface area contributed by atoms with E-state index in [0.717, 1.165) is 88.5 Å². The predicted octanol–water partition coefficient (Wildman–Crippen LogP) is 6.38. The average Bonchev–Trinajstić information content (AvgIpc) is 3.27. The number of morpholine rings is 1. The number of hydrogen-bond acceptors (Lipinski definition) is 8. The van der Waals surface area contributed by atoms with Crippen LogP contribution in [0.5, 0.6) is 5.75 Å². The molecule has 1 saturated heterocycles. The highest BCUT2D eigenvalue weighted by molar-refractivity contribution is 7.90. The van der Waals surface area contributed by atoms with E-state index in [1.807, 2.05) is 12.1 Å². The highest BCUT2D eigenvalue weighted by Crippen LogP contribution is 2.49. The molecule has 2 fully saturated rings. The lowest BCUT2D eigenvalue weighted by Gasteiger charge is -2.48. The Labute approximate surface area is 315 Å². The number of hydrogen-bond donors (Lipinski definition) is 1. The Kier molecular flexibility index (Phi) is 12.3. The maximum absolute atomic E-state index is 13.4. The summed E-state index contributed by atoms with van der Waals surface area (Å²) < 4.78 is 46.1.